The molecule has 0 rings (SSSR count). The maximum Gasteiger partial charge on any atom is 0.246 e. The first kappa shape index (κ1) is 75.2. The van der Waals surface area contributed by atoms with Crippen LogP contribution in [0.1, 0.15) is 151 Å². The minimum absolute atomic E-state index is 0.0104. The molecule has 0 aliphatic heterocycles. The van der Waals surface area contributed by atoms with E-state index in [0.717, 1.165) is 12.8 Å². The fourth-order valence-electron chi connectivity index (χ4n) is 7.20. The van der Waals surface area contributed by atoms with Gasteiger partial charge in [0.25, 0.3) is 0 Å². The number of hydrogen-bond donors (Lipinski definition) is 11. The highest BCUT2D eigenvalue weighted by molar-refractivity contribution is 5.88. The Labute approximate surface area is 478 Å². The van der Waals surface area contributed by atoms with Crippen LogP contribution in [0.2, 0.25) is 0 Å². The molecule has 0 saturated heterocycles. The van der Waals surface area contributed by atoms with Gasteiger partial charge in [0, 0.05) is 95.4 Å². The van der Waals surface area contributed by atoms with Gasteiger partial charge in [0.1, 0.15) is 31.3 Å². The first-order valence-electron chi connectivity index (χ1n) is 28.5. The third-order valence-corrected chi connectivity index (χ3v) is 13.1. The Morgan fingerprint density at radius 1 is 0.420 bits per heavy atom. The predicted molar refractivity (Wildman–Crippen MR) is 304 cm³/mol. The second-order valence-corrected chi connectivity index (χ2v) is 20.9. The van der Waals surface area contributed by atoms with E-state index < -0.39 is 47.1 Å². The van der Waals surface area contributed by atoms with E-state index in [1.54, 1.807) is 13.8 Å². The summed E-state index contributed by atoms with van der Waals surface area (Å²) in [4.78, 5) is 132. The molecule has 0 aromatic heterocycles. The molecule has 28 heteroatoms. The van der Waals surface area contributed by atoms with E-state index in [1.165, 1.54) is 0 Å². The maximum atomic E-state index is 13.3. The third-order valence-electron chi connectivity index (χ3n) is 13.1. The second kappa shape index (κ2) is 46.8. The summed E-state index contributed by atoms with van der Waals surface area (Å²) in [6.07, 6.45) is 6.71. The van der Waals surface area contributed by atoms with E-state index in [4.69, 9.17) is 30.4 Å². The number of amides is 9. The highest BCUT2D eigenvalue weighted by atomic mass is 16.5. The van der Waals surface area contributed by atoms with Crippen molar-refractivity contribution in [1.82, 2.24) is 47.9 Å². The number of carbonyl (C=O) groups excluding carboxylic acids is 9. The first-order valence-corrected chi connectivity index (χ1v) is 28.5. The third kappa shape index (κ3) is 43.6. The Hall–Kier alpha value is -5.81. The van der Waals surface area contributed by atoms with Crippen molar-refractivity contribution in [3.63, 3.8) is 0 Å². The minimum Gasteiger partial charge on any atom is -0.377 e. The van der Waals surface area contributed by atoms with Gasteiger partial charge in [0.15, 0.2) is 0 Å². The second-order valence-electron chi connectivity index (χ2n) is 20.9. The van der Waals surface area contributed by atoms with Crippen LogP contribution in [0.15, 0.2) is 10.4 Å². The zero-order valence-corrected chi connectivity index (χ0v) is 49.1. The Kier molecular flexibility index (Phi) is 43.4. The quantitative estimate of drug-likeness (QED) is 0.0287. The Morgan fingerprint density at radius 3 is 1.26 bits per heavy atom. The van der Waals surface area contributed by atoms with Crippen molar-refractivity contribution >= 4 is 53.2 Å². The normalized spacial score (nSPS) is 12.9. The van der Waals surface area contributed by atoms with Crippen molar-refractivity contribution in [3.8, 4) is 0 Å². The van der Waals surface area contributed by atoms with Gasteiger partial charge in [-0.05, 0) is 99.3 Å². The van der Waals surface area contributed by atoms with Gasteiger partial charge in [-0.25, -0.2) is 0 Å². The number of nitrogens with zero attached hydrogens (tertiary/aromatic N) is 2. The number of primary amides is 2. The molecule has 0 heterocycles. The largest absolute Gasteiger partial charge is 0.377 e. The summed E-state index contributed by atoms with van der Waals surface area (Å²) in [7, 11) is 0. The molecular weight excluding hydrogens is 1060 g/mol. The standard InChI is InChI=1S/C53H99N13O15/c1-39(65-76)52(3,4)61-35-41(36-62-53(5,6)40(2)66-77)63-47(71)22-16-23-48(72)64-42(51(75)60-26-13-8-10-19-44(55)68)17-11-14-25-56-45(69)20-15-21-46(70)58-27-29-78-31-34-81-38-50(74)59-28-30-79-32-33-80-37-49(73)57-24-12-7-9-18-43(54)67/h39-42,61-62H,7-38H2,1-6H3,(H2,54,67)(H2,55,68)(H,56,69)(H,57,73)(H,58,70)(H,59,74)(H,60,75)(H,63,71)(H,64,72). The van der Waals surface area contributed by atoms with Gasteiger partial charge in [-0.15, -0.1) is 0 Å². The molecule has 0 aliphatic rings. The highest BCUT2D eigenvalue weighted by Gasteiger charge is 2.30. The summed E-state index contributed by atoms with van der Waals surface area (Å²) in [5.74, 6) is -2.89. The van der Waals surface area contributed by atoms with Gasteiger partial charge >= 0.3 is 0 Å². The van der Waals surface area contributed by atoms with Crippen molar-refractivity contribution in [3.05, 3.63) is 9.81 Å². The zero-order valence-electron chi connectivity index (χ0n) is 49.1. The van der Waals surface area contributed by atoms with E-state index >= 15 is 0 Å². The summed E-state index contributed by atoms with van der Waals surface area (Å²) in [5, 5.41) is 32.4. The predicted octanol–water partition coefficient (Wildman–Crippen LogP) is 0.252. The summed E-state index contributed by atoms with van der Waals surface area (Å²) in [6.45, 7) is 13.9. The van der Waals surface area contributed by atoms with Crippen LogP contribution < -0.4 is 59.3 Å². The number of nitrogens with two attached hydrogens (primary N) is 2. The summed E-state index contributed by atoms with van der Waals surface area (Å²) in [6, 6.07) is -2.45. The molecule has 9 amide bonds. The van der Waals surface area contributed by atoms with E-state index in [1.807, 2.05) is 27.7 Å². The van der Waals surface area contributed by atoms with Crippen molar-refractivity contribution in [1.29, 1.82) is 0 Å². The summed E-state index contributed by atoms with van der Waals surface area (Å²) >= 11 is 0. The average Bonchev–Trinajstić information content (AvgIpc) is 3.42. The average molecular weight is 1160 g/mol. The van der Waals surface area contributed by atoms with Crippen molar-refractivity contribution in [2.45, 2.75) is 186 Å². The van der Waals surface area contributed by atoms with Crippen LogP contribution in [0.5, 0.6) is 0 Å². The van der Waals surface area contributed by atoms with Crippen LogP contribution in [-0.4, -0.2) is 187 Å². The molecule has 0 spiro atoms. The molecule has 13 N–H and O–H groups in total. The van der Waals surface area contributed by atoms with Crippen LogP contribution in [0.25, 0.3) is 0 Å². The van der Waals surface area contributed by atoms with Gasteiger partial charge in [-0.3, -0.25) is 43.2 Å². The number of carbonyl (C=O) groups is 9. The number of nitrogens with one attached hydrogen (secondary N) is 9. The van der Waals surface area contributed by atoms with Gasteiger partial charge < -0.3 is 78.3 Å². The molecule has 0 radical (unpaired) electrons. The van der Waals surface area contributed by atoms with Crippen LogP contribution in [0.3, 0.4) is 0 Å². The topological polar surface area (TPSA) is 410 Å². The van der Waals surface area contributed by atoms with Crippen molar-refractivity contribution < 1.29 is 62.1 Å². The molecule has 466 valence electrons. The van der Waals surface area contributed by atoms with Crippen LogP contribution in [0, 0.1) is 9.81 Å². The van der Waals surface area contributed by atoms with Gasteiger partial charge in [0.05, 0.1) is 45.7 Å². The molecule has 0 fully saturated rings. The molecule has 0 saturated carbocycles. The van der Waals surface area contributed by atoms with Gasteiger partial charge in [-0.1, -0.05) is 23.2 Å². The van der Waals surface area contributed by atoms with E-state index in [0.29, 0.717) is 71.0 Å². The first-order chi connectivity index (χ1) is 38.5. The summed E-state index contributed by atoms with van der Waals surface area (Å²) in [5.41, 5.74) is 8.96. The molecular formula is C53H99N13O15. The molecule has 0 bridgehead atoms. The molecule has 81 heavy (non-hydrogen) atoms. The summed E-state index contributed by atoms with van der Waals surface area (Å²) < 4.78 is 21.4. The zero-order chi connectivity index (χ0) is 60.7. The Morgan fingerprint density at radius 2 is 0.802 bits per heavy atom. The highest BCUT2D eigenvalue weighted by Crippen LogP contribution is 2.14. The molecule has 28 nitrogen and oxygen atoms in total. The van der Waals surface area contributed by atoms with Gasteiger partial charge in [-0.2, -0.15) is 9.81 Å². The van der Waals surface area contributed by atoms with E-state index in [2.05, 4.69) is 58.2 Å². The Balaban J connectivity index is 4.53. The van der Waals surface area contributed by atoms with Crippen LogP contribution >= 0.6 is 0 Å². The van der Waals surface area contributed by atoms with Crippen molar-refractivity contribution in [2.75, 3.05) is 98.7 Å². The van der Waals surface area contributed by atoms with Crippen molar-refractivity contribution in [2.24, 2.45) is 21.8 Å². The number of nitroso groups, excluding NO2 is 2. The lowest BCUT2D eigenvalue weighted by molar-refractivity contribution is -0.129. The van der Waals surface area contributed by atoms with E-state index in [-0.39, 0.29) is 165 Å². The fourth-order valence-corrected chi connectivity index (χ4v) is 7.20. The number of rotatable bonds is 54. The Bertz CT molecular complexity index is 1830. The minimum atomic E-state index is -0.875. The monoisotopic (exact) mass is 1160 g/mol. The number of hydrogen-bond acceptors (Lipinski definition) is 19. The van der Waals surface area contributed by atoms with Crippen LogP contribution in [-0.2, 0) is 62.1 Å². The lowest BCUT2D eigenvalue weighted by atomic mass is 9.95. The lowest BCUT2D eigenvalue weighted by Gasteiger charge is -2.34. The van der Waals surface area contributed by atoms with E-state index in [9.17, 15) is 53.0 Å². The smallest absolute Gasteiger partial charge is 0.246 e. The molecule has 0 aromatic rings. The molecule has 0 aliphatic carbocycles. The SMILES string of the molecule is CC(N=O)C(C)(C)NCC(CNC(C)(C)C(C)N=O)NC(=O)CCCC(=O)NC(CCCCNC(=O)CCCC(=O)NCCOCCOCC(=O)NCCOCCOCC(=O)NCCCCCC(N)=O)C(=O)NCCCCCC(N)=O. The molecule has 3 atom stereocenters. The van der Waals surface area contributed by atoms with Gasteiger partial charge in [0.2, 0.25) is 53.2 Å². The molecule has 0 aromatic carbocycles. The fraction of sp³-hybridized carbons (Fsp3) is 0.830. The maximum absolute atomic E-state index is 13.3. The number of ether oxygens (including phenoxy) is 4. The lowest BCUT2D eigenvalue weighted by Crippen LogP contribution is -2.58. The molecule has 3 unspecified atom stereocenters. The number of unbranched alkanes of at least 4 members (excludes halogenated alkanes) is 5. The van der Waals surface area contributed by atoms with Crippen LogP contribution in [0.4, 0.5) is 0 Å².